The molecule has 2 aromatic rings. The molecule has 0 atom stereocenters. The van der Waals surface area contributed by atoms with Crippen LogP contribution in [0.25, 0.3) is 0 Å². The number of rotatable bonds is 2. The van der Waals surface area contributed by atoms with E-state index in [2.05, 4.69) is 11.8 Å². The molecule has 4 nitrogen and oxygen atoms in total. The summed E-state index contributed by atoms with van der Waals surface area (Å²) < 4.78 is 0. The highest BCUT2D eigenvalue weighted by Gasteiger charge is 2.02. The molecule has 0 spiro atoms. The molecule has 0 radical (unpaired) electrons. The summed E-state index contributed by atoms with van der Waals surface area (Å²) in [6.07, 6.45) is 0.771. The Morgan fingerprint density at radius 2 is 1.37 bits per heavy atom. The van der Waals surface area contributed by atoms with Gasteiger partial charge in [0.2, 0.25) is 0 Å². The maximum absolute atomic E-state index is 10.5. The zero-order chi connectivity index (χ0) is 13.7. The number of carbonyl (C=O) groups excluding carboxylic acids is 1. The van der Waals surface area contributed by atoms with Gasteiger partial charge in [0.15, 0.2) is 0 Å². The average Bonchev–Trinajstić information content (AvgIpc) is 2.46. The van der Waals surface area contributed by atoms with Crippen LogP contribution < -0.4 is 0 Å². The largest absolute Gasteiger partial charge is 0.298 e. The lowest BCUT2D eigenvalue weighted by Crippen LogP contribution is -1.87. The fourth-order valence-electron chi connectivity index (χ4n) is 1.46. The molecule has 0 heterocycles. The van der Waals surface area contributed by atoms with Crippen molar-refractivity contribution in [2.75, 3.05) is 0 Å². The fraction of sp³-hybridized carbons (Fsp3) is 0. The maximum Gasteiger partial charge on any atom is 0.269 e. The molecule has 0 saturated heterocycles. The predicted molar refractivity (Wildman–Crippen MR) is 70.9 cm³/mol. The number of hydrogen-bond donors (Lipinski definition) is 0. The lowest BCUT2D eigenvalue weighted by Gasteiger charge is -1.92. The average molecular weight is 251 g/mol. The minimum atomic E-state index is -0.449. The van der Waals surface area contributed by atoms with Crippen LogP contribution >= 0.6 is 0 Å². The zero-order valence-electron chi connectivity index (χ0n) is 9.87. The van der Waals surface area contributed by atoms with Gasteiger partial charge >= 0.3 is 0 Å². The number of hydrogen-bond acceptors (Lipinski definition) is 3. The van der Waals surface area contributed by atoms with E-state index in [0.717, 1.165) is 11.8 Å². The molecule has 2 aromatic carbocycles. The van der Waals surface area contributed by atoms with Crippen LogP contribution in [0.4, 0.5) is 5.69 Å². The molecule has 0 bridgehead atoms. The van der Waals surface area contributed by atoms with E-state index >= 15 is 0 Å². The summed E-state index contributed by atoms with van der Waals surface area (Å²) in [5.41, 5.74) is 2.12. The van der Waals surface area contributed by atoms with Gasteiger partial charge in [-0.25, -0.2) is 0 Å². The number of nitro benzene ring substituents is 1. The van der Waals surface area contributed by atoms with Gasteiger partial charge in [-0.2, -0.15) is 0 Å². The Labute approximate surface area is 109 Å². The first kappa shape index (κ1) is 12.5. The quantitative estimate of drug-likeness (QED) is 0.357. The molecule has 19 heavy (non-hydrogen) atoms. The van der Waals surface area contributed by atoms with Gasteiger partial charge in [0, 0.05) is 28.8 Å². The molecule has 0 aromatic heterocycles. The van der Waals surface area contributed by atoms with Crippen molar-refractivity contribution >= 4 is 12.0 Å². The fourth-order valence-corrected chi connectivity index (χ4v) is 1.46. The van der Waals surface area contributed by atoms with Crippen molar-refractivity contribution in [3.05, 3.63) is 75.3 Å². The molecular weight excluding hydrogens is 242 g/mol. The third-order valence-corrected chi connectivity index (χ3v) is 2.48. The minimum absolute atomic E-state index is 0.0425. The molecule has 4 heteroatoms. The van der Waals surface area contributed by atoms with Gasteiger partial charge in [0.05, 0.1) is 4.92 Å². The first-order valence-corrected chi connectivity index (χ1v) is 5.51. The lowest BCUT2D eigenvalue weighted by atomic mass is 10.1. The van der Waals surface area contributed by atoms with Crippen molar-refractivity contribution in [3.63, 3.8) is 0 Å². The van der Waals surface area contributed by atoms with Crippen LogP contribution in [0.3, 0.4) is 0 Å². The molecule has 0 amide bonds. The second-order valence-electron chi connectivity index (χ2n) is 3.79. The molecule has 0 saturated carbocycles. The highest BCUT2D eigenvalue weighted by molar-refractivity contribution is 5.74. The molecule has 0 aliphatic carbocycles. The van der Waals surface area contributed by atoms with E-state index in [1.54, 1.807) is 36.4 Å². The Hall–Kier alpha value is -2.93. The van der Waals surface area contributed by atoms with Gasteiger partial charge in [0.25, 0.3) is 5.69 Å². The van der Waals surface area contributed by atoms with E-state index in [9.17, 15) is 14.9 Å². The predicted octanol–water partition coefficient (Wildman–Crippen LogP) is 2.81. The standard InChI is InChI=1S/C15H9NO3/c17-11-14-5-3-12(4-6-14)1-2-13-7-9-15(10-8-13)16(18)19/h3-11H. The van der Waals surface area contributed by atoms with Gasteiger partial charge in [-0.15, -0.1) is 0 Å². The Kier molecular flexibility index (Phi) is 3.70. The van der Waals surface area contributed by atoms with Gasteiger partial charge in [0.1, 0.15) is 6.29 Å². The van der Waals surface area contributed by atoms with Gasteiger partial charge in [-0.05, 0) is 24.3 Å². The van der Waals surface area contributed by atoms with Gasteiger partial charge in [-0.3, -0.25) is 14.9 Å². The van der Waals surface area contributed by atoms with E-state index < -0.39 is 4.92 Å². The normalized spacial score (nSPS) is 9.26. The zero-order valence-corrected chi connectivity index (χ0v) is 9.87. The Morgan fingerprint density at radius 1 is 0.895 bits per heavy atom. The number of non-ortho nitro benzene ring substituents is 1. The van der Waals surface area contributed by atoms with Crippen LogP contribution in [0.1, 0.15) is 21.5 Å². The number of carbonyl (C=O) groups is 1. The molecule has 0 N–H and O–H groups in total. The van der Waals surface area contributed by atoms with Crippen LogP contribution in [0.15, 0.2) is 48.5 Å². The summed E-state index contributed by atoms with van der Waals surface area (Å²) >= 11 is 0. The summed E-state index contributed by atoms with van der Waals surface area (Å²) in [5.74, 6) is 5.83. The molecular formula is C15H9NO3. The van der Waals surface area contributed by atoms with Gasteiger partial charge < -0.3 is 0 Å². The summed E-state index contributed by atoms with van der Waals surface area (Å²) in [5, 5.41) is 10.5. The first-order valence-electron chi connectivity index (χ1n) is 5.51. The van der Waals surface area contributed by atoms with Crippen molar-refractivity contribution in [3.8, 4) is 11.8 Å². The van der Waals surface area contributed by atoms with E-state index in [4.69, 9.17) is 0 Å². The highest BCUT2D eigenvalue weighted by Crippen LogP contribution is 2.11. The van der Waals surface area contributed by atoms with E-state index in [0.29, 0.717) is 11.1 Å². The third-order valence-electron chi connectivity index (χ3n) is 2.48. The molecule has 0 aliphatic rings. The summed E-state index contributed by atoms with van der Waals surface area (Å²) in [4.78, 5) is 20.5. The number of aldehydes is 1. The van der Waals surface area contributed by atoms with Crippen LogP contribution in [0.2, 0.25) is 0 Å². The van der Waals surface area contributed by atoms with Crippen molar-refractivity contribution in [2.24, 2.45) is 0 Å². The summed E-state index contributed by atoms with van der Waals surface area (Å²) in [7, 11) is 0. The lowest BCUT2D eigenvalue weighted by molar-refractivity contribution is -0.384. The Bertz CT molecular complexity index is 661. The monoisotopic (exact) mass is 251 g/mol. The van der Waals surface area contributed by atoms with Crippen molar-refractivity contribution < 1.29 is 9.72 Å². The second kappa shape index (κ2) is 5.61. The molecule has 2 rings (SSSR count). The van der Waals surface area contributed by atoms with Crippen molar-refractivity contribution in [1.29, 1.82) is 0 Å². The van der Waals surface area contributed by atoms with Crippen molar-refractivity contribution in [2.45, 2.75) is 0 Å². The van der Waals surface area contributed by atoms with Crippen LogP contribution in [0, 0.1) is 22.0 Å². The number of nitrogens with zero attached hydrogens (tertiary/aromatic N) is 1. The highest BCUT2D eigenvalue weighted by atomic mass is 16.6. The third kappa shape index (κ3) is 3.27. The van der Waals surface area contributed by atoms with Gasteiger partial charge in [-0.1, -0.05) is 24.0 Å². The summed E-state index contributed by atoms with van der Waals surface area (Å²) in [6.45, 7) is 0. The minimum Gasteiger partial charge on any atom is -0.298 e. The molecule has 0 fully saturated rings. The first-order chi connectivity index (χ1) is 9.19. The SMILES string of the molecule is O=Cc1ccc(C#Cc2ccc([N+](=O)[O-])cc2)cc1. The molecule has 0 aliphatic heterocycles. The van der Waals surface area contributed by atoms with Crippen LogP contribution in [0.5, 0.6) is 0 Å². The second-order valence-corrected chi connectivity index (χ2v) is 3.79. The Balaban J connectivity index is 2.18. The number of nitro groups is 1. The smallest absolute Gasteiger partial charge is 0.269 e. The van der Waals surface area contributed by atoms with Crippen LogP contribution in [-0.4, -0.2) is 11.2 Å². The maximum atomic E-state index is 10.5. The van der Waals surface area contributed by atoms with E-state index in [-0.39, 0.29) is 5.69 Å². The Morgan fingerprint density at radius 3 is 1.79 bits per heavy atom. The molecule has 92 valence electrons. The topological polar surface area (TPSA) is 60.2 Å². The van der Waals surface area contributed by atoms with Crippen molar-refractivity contribution in [1.82, 2.24) is 0 Å². The number of benzene rings is 2. The molecule has 0 unspecified atom stereocenters. The summed E-state index contributed by atoms with van der Waals surface area (Å²) in [6, 6.07) is 12.9. The van der Waals surface area contributed by atoms with E-state index in [1.165, 1.54) is 12.1 Å². The van der Waals surface area contributed by atoms with E-state index in [1.807, 2.05) is 0 Å². The van der Waals surface area contributed by atoms with Crippen LogP contribution in [-0.2, 0) is 0 Å².